The summed E-state index contributed by atoms with van der Waals surface area (Å²) in [5.41, 5.74) is 0.819. The lowest BCUT2D eigenvalue weighted by Crippen LogP contribution is -2.21. The Morgan fingerprint density at radius 3 is 2.03 bits per heavy atom. The van der Waals surface area contributed by atoms with E-state index in [1.54, 1.807) is 24.3 Å². The van der Waals surface area contributed by atoms with E-state index in [1.807, 2.05) is 0 Å². The second-order valence-electron chi connectivity index (χ2n) is 7.08. The van der Waals surface area contributed by atoms with Gasteiger partial charge in [-0.15, -0.1) is 0 Å². The largest absolute Gasteiger partial charge is 0.493 e. The molecule has 3 rings (SSSR count). The number of carboxylic acid groups (broad SMARTS) is 1. The van der Waals surface area contributed by atoms with Crippen LogP contribution in [0.3, 0.4) is 0 Å². The van der Waals surface area contributed by atoms with Gasteiger partial charge in [0.25, 0.3) is 11.8 Å². The van der Waals surface area contributed by atoms with Crippen LogP contribution >= 0.6 is 0 Å². The average Bonchev–Trinajstić information content (AvgIpc) is 2.87. The summed E-state index contributed by atoms with van der Waals surface area (Å²) in [7, 11) is 2.96. The normalized spacial score (nSPS) is 10.1. The first-order chi connectivity index (χ1) is 16.8. The molecule has 2 amide bonds. The molecule has 180 valence electrons. The molecule has 0 heterocycles. The molecule has 10 heteroatoms. The van der Waals surface area contributed by atoms with Gasteiger partial charge in [-0.1, -0.05) is 12.1 Å². The van der Waals surface area contributed by atoms with E-state index in [0.29, 0.717) is 22.9 Å². The van der Waals surface area contributed by atoms with Crippen molar-refractivity contribution in [2.24, 2.45) is 0 Å². The van der Waals surface area contributed by atoms with Crippen molar-refractivity contribution >= 4 is 35.1 Å². The number of carboxylic acids is 1. The zero-order valence-corrected chi connectivity index (χ0v) is 18.9. The maximum atomic E-state index is 12.4. The van der Waals surface area contributed by atoms with E-state index in [9.17, 15) is 24.3 Å². The molecule has 0 radical (unpaired) electrons. The third kappa shape index (κ3) is 6.35. The van der Waals surface area contributed by atoms with Crippen molar-refractivity contribution in [1.29, 1.82) is 0 Å². The number of amides is 2. The second-order valence-corrected chi connectivity index (χ2v) is 7.08. The summed E-state index contributed by atoms with van der Waals surface area (Å²) >= 11 is 0. The Labute approximate surface area is 200 Å². The molecule has 0 aliphatic carbocycles. The van der Waals surface area contributed by atoms with Crippen molar-refractivity contribution < 1.29 is 38.5 Å². The van der Waals surface area contributed by atoms with Gasteiger partial charge < -0.3 is 30.0 Å². The second kappa shape index (κ2) is 11.3. The zero-order chi connectivity index (χ0) is 25.4. The van der Waals surface area contributed by atoms with Gasteiger partial charge in [0.05, 0.1) is 30.9 Å². The minimum atomic E-state index is -1.22. The Balaban J connectivity index is 1.55. The zero-order valence-electron chi connectivity index (χ0n) is 18.9. The Bertz CT molecular complexity index is 1250. The molecule has 10 nitrogen and oxygen atoms in total. The van der Waals surface area contributed by atoms with Crippen LogP contribution in [0.1, 0.15) is 31.1 Å². The number of hydrogen-bond donors (Lipinski definition) is 3. The minimum absolute atomic E-state index is 0.00368. The lowest BCUT2D eigenvalue weighted by molar-refractivity contribution is -0.119. The van der Waals surface area contributed by atoms with E-state index in [4.69, 9.17) is 14.2 Å². The number of carbonyl (C=O) groups excluding carboxylic acids is 3. The molecule has 0 spiro atoms. The van der Waals surface area contributed by atoms with Crippen LogP contribution in [-0.2, 0) is 9.53 Å². The lowest BCUT2D eigenvalue weighted by atomic mass is 10.1. The number of ether oxygens (including phenoxy) is 3. The molecule has 0 saturated heterocycles. The highest BCUT2D eigenvalue weighted by Crippen LogP contribution is 2.29. The number of methoxy groups -OCH3 is 2. The summed E-state index contributed by atoms with van der Waals surface area (Å²) in [6.07, 6.45) is 0. The highest BCUT2D eigenvalue weighted by Gasteiger charge is 2.16. The number of nitrogens with one attached hydrogen (secondary N) is 2. The van der Waals surface area contributed by atoms with Crippen LogP contribution in [-0.4, -0.2) is 49.7 Å². The molecule has 3 aromatic rings. The highest BCUT2D eigenvalue weighted by molar-refractivity contribution is 6.10. The van der Waals surface area contributed by atoms with E-state index in [0.717, 1.165) is 0 Å². The van der Waals surface area contributed by atoms with E-state index in [2.05, 4.69) is 10.6 Å². The fourth-order valence-electron chi connectivity index (χ4n) is 3.08. The first-order valence-electron chi connectivity index (χ1n) is 10.2. The predicted molar refractivity (Wildman–Crippen MR) is 126 cm³/mol. The Hall–Kier alpha value is -4.86. The molecule has 35 heavy (non-hydrogen) atoms. The summed E-state index contributed by atoms with van der Waals surface area (Å²) < 4.78 is 15.3. The molecule has 0 aliphatic heterocycles. The average molecular weight is 478 g/mol. The number of benzene rings is 3. The van der Waals surface area contributed by atoms with Crippen LogP contribution in [0.15, 0.2) is 66.7 Å². The Morgan fingerprint density at radius 2 is 1.40 bits per heavy atom. The van der Waals surface area contributed by atoms with Crippen LogP contribution in [0, 0.1) is 0 Å². The number of esters is 1. The summed E-state index contributed by atoms with van der Waals surface area (Å²) in [6.45, 7) is -0.516. The van der Waals surface area contributed by atoms with Gasteiger partial charge in [-0.05, 0) is 48.5 Å². The maximum absolute atomic E-state index is 12.4. The van der Waals surface area contributed by atoms with Crippen molar-refractivity contribution in [1.82, 2.24) is 0 Å². The molecule has 0 aromatic heterocycles. The first-order valence-corrected chi connectivity index (χ1v) is 10.2. The summed E-state index contributed by atoms with van der Waals surface area (Å²) in [5.74, 6) is -2.18. The first kappa shape index (κ1) is 24.8. The van der Waals surface area contributed by atoms with Gasteiger partial charge in [-0.3, -0.25) is 9.59 Å². The molecule has 0 fully saturated rings. The van der Waals surface area contributed by atoms with Crippen LogP contribution < -0.4 is 20.1 Å². The molecule has 0 saturated carbocycles. The molecule has 3 aromatic carbocycles. The van der Waals surface area contributed by atoms with Gasteiger partial charge in [-0.2, -0.15) is 0 Å². The Kier molecular flexibility index (Phi) is 8.02. The number of rotatable bonds is 9. The van der Waals surface area contributed by atoms with Crippen molar-refractivity contribution in [2.75, 3.05) is 31.5 Å². The van der Waals surface area contributed by atoms with Crippen LogP contribution in [0.5, 0.6) is 11.5 Å². The van der Waals surface area contributed by atoms with E-state index >= 15 is 0 Å². The van der Waals surface area contributed by atoms with Crippen molar-refractivity contribution in [3.8, 4) is 11.5 Å². The molecular formula is C25H22N2O8. The predicted octanol–water partition coefficient (Wildman–Crippen LogP) is 3.45. The monoisotopic (exact) mass is 478 g/mol. The van der Waals surface area contributed by atoms with E-state index in [1.165, 1.54) is 56.7 Å². The molecule has 0 aliphatic rings. The van der Waals surface area contributed by atoms with Crippen molar-refractivity contribution in [2.45, 2.75) is 0 Å². The third-order valence-corrected chi connectivity index (χ3v) is 4.78. The van der Waals surface area contributed by atoms with Crippen LogP contribution in [0.2, 0.25) is 0 Å². The van der Waals surface area contributed by atoms with Gasteiger partial charge in [0.1, 0.15) is 0 Å². The summed E-state index contributed by atoms with van der Waals surface area (Å²) in [4.78, 5) is 48.1. The van der Waals surface area contributed by atoms with Crippen molar-refractivity contribution in [3.05, 3.63) is 83.4 Å². The third-order valence-electron chi connectivity index (χ3n) is 4.78. The van der Waals surface area contributed by atoms with Crippen LogP contribution in [0.25, 0.3) is 0 Å². The Morgan fingerprint density at radius 1 is 0.771 bits per heavy atom. The van der Waals surface area contributed by atoms with Crippen molar-refractivity contribution in [3.63, 3.8) is 0 Å². The SMILES string of the molecule is COc1ccc(NC(=O)COC(=O)c2ccc(NC(=O)c3ccccc3C(=O)O)cc2)cc1OC. The summed E-state index contributed by atoms with van der Waals surface area (Å²) in [6, 6.07) is 16.4. The molecule has 3 N–H and O–H groups in total. The van der Waals surface area contributed by atoms with Gasteiger partial charge >= 0.3 is 11.9 Å². The van der Waals surface area contributed by atoms with Gasteiger partial charge in [0.2, 0.25) is 0 Å². The number of aromatic carboxylic acids is 1. The lowest BCUT2D eigenvalue weighted by Gasteiger charge is -2.11. The fourth-order valence-corrected chi connectivity index (χ4v) is 3.08. The molecular weight excluding hydrogens is 456 g/mol. The summed E-state index contributed by atoms with van der Waals surface area (Å²) in [5, 5.41) is 14.4. The highest BCUT2D eigenvalue weighted by atomic mass is 16.5. The number of hydrogen-bond acceptors (Lipinski definition) is 7. The van der Waals surface area contributed by atoms with Crippen LogP contribution in [0.4, 0.5) is 11.4 Å². The standard InChI is InChI=1S/C25H22N2O8/c1-33-20-12-11-17(13-21(20)34-2)26-22(28)14-35-25(32)15-7-9-16(10-8-15)27-23(29)18-5-3-4-6-19(18)24(30)31/h3-13H,14H2,1-2H3,(H,26,28)(H,27,29)(H,30,31). The topological polar surface area (TPSA) is 140 Å². The minimum Gasteiger partial charge on any atom is -0.493 e. The van der Waals surface area contributed by atoms with Gasteiger partial charge in [-0.25, -0.2) is 9.59 Å². The fraction of sp³-hybridized carbons (Fsp3) is 0.120. The smallest absolute Gasteiger partial charge is 0.338 e. The van der Waals surface area contributed by atoms with E-state index in [-0.39, 0.29) is 16.7 Å². The quantitative estimate of drug-likeness (QED) is 0.397. The molecule has 0 atom stereocenters. The van der Waals surface area contributed by atoms with E-state index < -0.39 is 30.4 Å². The molecule has 0 unspecified atom stereocenters. The maximum Gasteiger partial charge on any atom is 0.338 e. The molecule has 0 bridgehead atoms. The number of anilines is 2. The van der Waals surface area contributed by atoms with Gasteiger partial charge in [0.15, 0.2) is 18.1 Å². The van der Waals surface area contributed by atoms with Gasteiger partial charge in [0, 0.05) is 17.4 Å². The number of carbonyl (C=O) groups is 4.